The van der Waals surface area contributed by atoms with Gasteiger partial charge in [-0.25, -0.2) is 0 Å². The molecule has 0 aliphatic carbocycles. The molecule has 0 unspecified atom stereocenters. The van der Waals surface area contributed by atoms with Crippen LogP contribution in [0.1, 0.15) is 5.56 Å². The van der Waals surface area contributed by atoms with Gasteiger partial charge in [0.2, 0.25) is 0 Å². The van der Waals surface area contributed by atoms with E-state index in [2.05, 4.69) is 15.4 Å². The Morgan fingerprint density at radius 3 is 2.50 bits per heavy atom. The Morgan fingerprint density at radius 1 is 1.12 bits per heavy atom. The number of nitrogens with one attached hydrogen (secondary N) is 2. The molecule has 0 fully saturated rings. The molecule has 0 saturated carbocycles. The number of hydrogen-bond acceptors (Lipinski definition) is 4. The highest BCUT2D eigenvalue weighted by Crippen LogP contribution is 2.31. The lowest BCUT2D eigenvalue weighted by atomic mass is 10.2. The van der Waals surface area contributed by atoms with Gasteiger partial charge in [0.25, 0.3) is 0 Å². The second-order valence-electron chi connectivity index (χ2n) is 4.97. The number of alkyl halides is 2. The van der Waals surface area contributed by atoms with Gasteiger partial charge in [0.15, 0.2) is 11.5 Å². The van der Waals surface area contributed by atoms with Gasteiger partial charge in [-0.15, -0.1) is 0 Å². The van der Waals surface area contributed by atoms with Crippen LogP contribution in [0.25, 0.3) is 0 Å². The van der Waals surface area contributed by atoms with E-state index >= 15 is 0 Å². The maximum absolute atomic E-state index is 12.4. The van der Waals surface area contributed by atoms with Crippen LogP contribution in [0, 0.1) is 0 Å². The molecule has 6 nitrogen and oxygen atoms in total. The van der Waals surface area contributed by atoms with Crippen molar-refractivity contribution in [2.75, 3.05) is 12.4 Å². The van der Waals surface area contributed by atoms with Crippen LogP contribution in [0.5, 0.6) is 11.5 Å². The molecule has 0 aliphatic rings. The van der Waals surface area contributed by atoms with Crippen molar-refractivity contribution >= 4 is 29.1 Å². The Morgan fingerprint density at radius 2 is 1.85 bits per heavy atom. The monoisotopic (exact) mass is 384 g/mol. The summed E-state index contributed by atoms with van der Waals surface area (Å²) in [4.78, 5) is 23.8. The second kappa shape index (κ2) is 9.00. The molecule has 138 valence electrons. The molecule has 0 radical (unpaired) electrons. The summed E-state index contributed by atoms with van der Waals surface area (Å²) >= 11 is 5.97. The first-order valence-electron chi connectivity index (χ1n) is 7.36. The van der Waals surface area contributed by atoms with E-state index < -0.39 is 18.4 Å². The molecular formula is C17H15ClF2N2O4. The average molecular weight is 385 g/mol. The lowest BCUT2D eigenvalue weighted by Crippen LogP contribution is -2.35. The van der Waals surface area contributed by atoms with Crippen molar-refractivity contribution in [1.29, 1.82) is 0 Å². The summed E-state index contributed by atoms with van der Waals surface area (Å²) in [6, 6.07) is 10.7. The van der Waals surface area contributed by atoms with E-state index in [1.54, 1.807) is 24.3 Å². The molecule has 0 aliphatic heterocycles. The number of hydrogen-bond donors (Lipinski definition) is 2. The number of rotatable bonds is 6. The van der Waals surface area contributed by atoms with Crippen LogP contribution < -0.4 is 20.1 Å². The number of amides is 2. The van der Waals surface area contributed by atoms with E-state index in [9.17, 15) is 18.4 Å². The third-order valence-corrected chi connectivity index (χ3v) is 3.61. The highest BCUT2D eigenvalue weighted by molar-refractivity contribution is 6.39. The minimum absolute atomic E-state index is 0.0615. The van der Waals surface area contributed by atoms with Gasteiger partial charge in [0.1, 0.15) is 0 Å². The van der Waals surface area contributed by atoms with Crippen molar-refractivity contribution in [3.63, 3.8) is 0 Å². The van der Waals surface area contributed by atoms with Gasteiger partial charge in [-0.2, -0.15) is 8.78 Å². The Hall–Kier alpha value is -2.87. The first-order valence-corrected chi connectivity index (χ1v) is 7.74. The van der Waals surface area contributed by atoms with Gasteiger partial charge < -0.3 is 20.1 Å². The lowest BCUT2D eigenvalue weighted by molar-refractivity contribution is -0.136. The summed E-state index contributed by atoms with van der Waals surface area (Å²) in [6.07, 6.45) is 0. The van der Waals surface area contributed by atoms with E-state index in [0.29, 0.717) is 10.6 Å². The Bertz CT molecular complexity index is 802. The van der Waals surface area contributed by atoms with Crippen LogP contribution in [-0.4, -0.2) is 25.5 Å². The van der Waals surface area contributed by atoms with Crippen LogP contribution in [-0.2, 0) is 16.1 Å². The zero-order valence-electron chi connectivity index (χ0n) is 13.6. The van der Waals surface area contributed by atoms with Gasteiger partial charge in [-0.3, -0.25) is 9.59 Å². The van der Waals surface area contributed by atoms with Gasteiger partial charge in [-0.1, -0.05) is 29.8 Å². The third kappa shape index (κ3) is 5.32. The van der Waals surface area contributed by atoms with Gasteiger partial charge in [-0.05, 0) is 23.8 Å². The normalized spacial score (nSPS) is 10.3. The number of halogens is 3. The van der Waals surface area contributed by atoms with Gasteiger partial charge in [0, 0.05) is 23.3 Å². The predicted molar refractivity (Wildman–Crippen MR) is 91.6 cm³/mol. The zero-order chi connectivity index (χ0) is 19.1. The summed E-state index contributed by atoms with van der Waals surface area (Å²) in [6.45, 7) is -3.00. The molecule has 0 heterocycles. The number of benzene rings is 2. The first-order chi connectivity index (χ1) is 12.4. The van der Waals surface area contributed by atoms with Crippen molar-refractivity contribution in [3.05, 3.63) is 53.1 Å². The van der Waals surface area contributed by atoms with Gasteiger partial charge in [0.05, 0.1) is 7.11 Å². The van der Waals surface area contributed by atoms with Crippen molar-refractivity contribution in [2.24, 2.45) is 0 Å². The van der Waals surface area contributed by atoms with Crippen molar-refractivity contribution < 1.29 is 27.8 Å². The largest absolute Gasteiger partial charge is 0.493 e. The number of anilines is 1. The average Bonchev–Trinajstić information content (AvgIpc) is 2.60. The lowest BCUT2D eigenvalue weighted by Gasteiger charge is -2.12. The summed E-state index contributed by atoms with van der Waals surface area (Å²) < 4.78 is 34.0. The quantitative estimate of drug-likeness (QED) is 0.750. The highest BCUT2D eigenvalue weighted by atomic mass is 35.5. The van der Waals surface area contributed by atoms with Crippen LogP contribution in [0.15, 0.2) is 42.5 Å². The van der Waals surface area contributed by atoms with Crippen LogP contribution in [0.3, 0.4) is 0 Å². The van der Waals surface area contributed by atoms with Crippen LogP contribution >= 0.6 is 11.6 Å². The molecule has 2 aromatic rings. The Labute approximate surface area is 153 Å². The summed E-state index contributed by atoms with van der Waals surface area (Å²) in [5.41, 5.74) is 0.742. The second-order valence-corrected chi connectivity index (χ2v) is 5.38. The van der Waals surface area contributed by atoms with E-state index in [1.165, 1.54) is 19.2 Å². The highest BCUT2D eigenvalue weighted by Gasteiger charge is 2.16. The molecule has 0 atom stereocenters. The first kappa shape index (κ1) is 19.5. The molecule has 26 heavy (non-hydrogen) atoms. The summed E-state index contributed by atoms with van der Waals surface area (Å²) in [5, 5.41) is 5.17. The molecular weight excluding hydrogens is 370 g/mol. The number of methoxy groups -OCH3 is 1. The molecule has 0 aromatic heterocycles. The molecule has 0 bridgehead atoms. The summed E-state index contributed by atoms with van der Waals surface area (Å²) in [7, 11) is 1.29. The van der Waals surface area contributed by atoms with E-state index in [-0.39, 0.29) is 23.7 Å². The van der Waals surface area contributed by atoms with Crippen LogP contribution in [0.4, 0.5) is 14.5 Å². The van der Waals surface area contributed by atoms with E-state index in [4.69, 9.17) is 16.3 Å². The maximum Gasteiger partial charge on any atom is 0.387 e. The summed E-state index contributed by atoms with van der Waals surface area (Å²) in [5.74, 6) is -2.08. The molecule has 9 heteroatoms. The minimum Gasteiger partial charge on any atom is -0.493 e. The predicted octanol–water partition coefficient (Wildman–Crippen LogP) is 3.20. The van der Waals surface area contributed by atoms with Crippen molar-refractivity contribution in [3.8, 4) is 11.5 Å². The van der Waals surface area contributed by atoms with E-state index in [0.717, 1.165) is 6.07 Å². The molecule has 2 rings (SSSR count). The smallest absolute Gasteiger partial charge is 0.387 e. The third-order valence-electron chi connectivity index (χ3n) is 3.24. The maximum atomic E-state index is 12.4. The number of ether oxygens (including phenoxy) is 2. The fraction of sp³-hybridized carbons (Fsp3) is 0.176. The number of carbonyl (C=O) groups is 2. The molecule has 0 saturated heterocycles. The standard InChI is InChI=1S/C17H15ClF2N2O4/c1-25-13-7-6-11(8-14(13)26-17(19)20)22-16(24)15(23)21-9-10-4-2-3-5-12(10)18/h2-8,17H,9H2,1H3,(H,21,23)(H,22,24). The molecule has 0 spiro atoms. The molecule has 2 aromatic carbocycles. The fourth-order valence-corrected chi connectivity index (χ4v) is 2.23. The van der Waals surface area contributed by atoms with Crippen LogP contribution in [0.2, 0.25) is 5.02 Å². The topological polar surface area (TPSA) is 76.7 Å². The molecule has 2 N–H and O–H groups in total. The SMILES string of the molecule is COc1ccc(NC(=O)C(=O)NCc2ccccc2Cl)cc1OC(F)F. The van der Waals surface area contributed by atoms with Gasteiger partial charge >= 0.3 is 18.4 Å². The van der Waals surface area contributed by atoms with E-state index in [1.807, 2.05) is 0 Å². The molecule has 2 amide bonds. The zero-order valence-corrected chi connectivity index (χ0v) is 14.3. The number of carbonyl (C=O) groups excluding carboxylic acids is 2. The Balaban J connectivity index is 2.00. The van der Waals surface area contributed by atoms with Crippen molar-refractivity contribution in [2.45, 2.75) is 13.2 Å². The minimum atomic E-state index is -3.06. The Kier molecular flexibility index (Phi) is 6.74. The van der Waals surface area contributed by atoms with Crippen molar-refractivity contribution in [1.82, 2.24) is 5.32 Å². The fourth-order valence-electron chi connectivity index (χ4n) is 2.03.